The molecule has 9 heavy (non-hydrogen) atoms. The van der Waals surface area contributed by atoms with Crippen molar-refractivity contribution in [3.63, 3.8) is 0 Å². The lowest BCUT2D eigenvalue weighted by Gasteiger charge is -1.89. The molecule has 0 saturated heterocycles. The molecule has 0 aliphatic carbocycles. The van der Waals surface area contributed by atoms with E-state index in [0.29, 0.717) is 0 Å². The van der Waals surface area contributed by atoms with E-state index in [4.69, 9.17) is 0 Å². The summed E-state index contributed by atoms with van der Waals surface area (Å²) in [5, 5.41) is 0. The molecule has 0 aliphatic heterocycles. The van der Waals surface area contributed by atoms with Gasteiger partial charge in [-0.3, -0.25) is 4.79 Å². The Bertz CT molecular complexity index is 152. The van der Waals surface area contributed by atoms with Gasteiger partial charge in [0.1, 0.15) is 0 Å². The van der Waals surface area contributed by atoms with Crippen LogP contribution in [-0.2, 0) is 4.79 Å². The summed E-state index contributed by atoms with van der Waals surface area (Å²) in [7, 11) is 0. The molecular weight excluding hydrogens is 112 g/mol. The van der Waals surface area contributed by atoms with Crippen molar-refractivity contribution in [2.45, 2.75) is 20.8 Å². The Morgan fingerprint density at radius 1 is 1.33 bits per heavy atom. The zero-order chi connectivity index (χ0) is 7.28. The van der Waals surface area contributed by atoms with Crippen LogP contribution in [0.3, 0.4) is 0 Å². The first-order chi connectivity index (χ1) is 4.22. The molecule has 0 aromatic rings. The molecule has 1 nitrogen and oxygen atoms in total. The Balaban J connectivity index is 4.19. The monoisotopic (exact) mass is 124 g/mol. The number of allylic oxidation sites excluding steroid dienone is 4. The fourth-order valence-electron chi connectivity index (χ4n) is 0.596. The van der Waals surface area contributed by atoms with Gasteiger partial charge >= 0.3 is 0 Å². The number of hydrogen-bond donors (Lipinski definition) is 0. The molecule has 0 aromatic carbocycles. The maximum atomic E-state index is 10.6. The summed E-state index contributed by atoms with van der Waals surface area (Å²) in [6, 6.07) is 0. The molecule has 0 radical (unpaired) electrons. The van der Waals surface area contributed by atoms with Crippen molar-refractivity contribution in [1.29, 1.82) is 0 Å². The first kappa shape index (κ1) is 8.15. The van der Waals surface area contributed by atoms with Crippen LogP contribution in [0, 0.1) is 0 Å². The second-order valence-corrected chi connectivity index (χ2v) is 1.80. The summed E-state index contributed by atoms with van der Waals surface area (Å²) in [4.78, 5) is 10.6. The highest BCUT2D eigenvalue weighted by atomic mass is 16.1. The topological polar surface area (TPSA) is 17.1 Å². The van der Waals surface area contributed by atoms with Crippen molar-refractivity contribution in [2.24, 2.45) is 0 Å². The van der Waals surface area contributed by atoms with Crippen LogP contribution in [-0.4, -0.2) is 5.78 Å². The van der Waals surface area contributed by atoms with Crippen molar-refractivity contribution in [1.82, 2.24) is 0 Å². The van der Waals surface area contributed by atoms with E-state index >= 15 is 0 Å². The van der Waals surface area contributed by atoms with Crippen LogP contribution in [0.15, 0.2) is 23.8 Å². The number of rotatable bonds is 2. The number of carbonyl (C=O) groups is 1. The average molecular weight is 124 g/mol. The molecule has 0 aromatic heterocycles. The highest BCUT2D eigenvalue weighted by Gasteiger charge is 1.93. The third-order valence-electron chi connectivity index (χ3n) is 1.06. The first-order valence-corrected chi connectivity index (χ1v) is 3.02. The van der Waals surface area contributed by atoms with Gasteiger partial charge in [0.15, 0.2) is 5.78 Å². The first-order valence-electron chi connectivity index (χ1n) is 3.02. The van der Waals surface area contributed by atoms with E-state index in [-0.39, 0.29) is 5.78 Å². The van der Waals surface area contributed by atoms with E-state index in [2.05, 4.69) is 0 Å². The smallest absolute Gasteiger partial charge is 0.159 e. The van der Waals surface area contributed by atoms with Crippen LogP contribution in [0.4, 0.5) is 0 Å². The quantitative estimate of drug-likeness (QED) is 0.407. The normalized spacial score (nSPS) is 12.6. The molecule has 0 rings (SSSR count). The average Bonchev–Trinajstić information content (AvgIpc) is 1.82. The number of Topliss-reactive ketones (excluding diaryl/α,β-unsaturated/α-hetero) is 1. The van der Waals surface area contributed by atoms with Crippen molar-refractivity contribution < 1.29 is 4.79 Å². The molecule has 0 unspecified atom stereocenters. The van der Waals surface area contributed by atoms with Gasteiger partial charge in [0.05, 0.1) is 0 Å². The van der Waals surface area contributed by atoms with Gasteiger partial charge in [-0.15, -0.1) is 0 Å². The maximum Gasteiger partial charge on any atom is 0.159 e. The van der Waals surface area contributed by atoms with Gasteiger partial charge < -0.3 is 0 Å². The lowest BCUT2D eigenvalue weighted by molar-refractivity contribution is -0.113. The largest absolute Gasteiger partial charge is 0.295 e. The predicted octanol–water partition coefficient (Wildman–Crippen LogP) is 2.10. The molecule has 0 N–H and O–H groups in total. The van der Waals surface area contributed by atoms with Crippen LogP contribution in [0.2, 0.25) is 0 Å². The van der Waals surface area contributed by atoms with Gasteiger partial charge in [-0.1, -0.05) is 18.2 Å². The standard InChI is InChI=1S/C8H12O/c1-4-6-8(5-2)7(3)9/h4-6H,1-3H3/b6-4?,8-5+. The van der Waals surface area contributed by atoms with Crippen LogP contribution in [0.25, 0.3) is 0 Å². The van der Waals surface area contributed by atoms with E-state index in [9.17, 15) is 4.79 Å². The van der Waals surface area contributed by atoms with Gasteiger partial charge in [0.2, 0.25) is 0 Å². The van der Waals surface area contributed by atoms with E-state index in [1.165, 1.54) is 0 Å². The van der Waals surface area contributed by atoms with Crippen molar-refractivity contribution >= 4 is 5.78 Å². The zero-order valence-corrected chi connectivity index (χ0v) is 6.14. The van der Waals surface area contributed by atoms with Crippen LogP contribution < -0.4 is 0 Å². The summed E-state index contributed by atoms with van der Waals surface area (Å²) in [6.07, 6.45) is 5.47. The zero-order valence-electron chi connectivity index (χ0n) is 6.14. The summed E-state index contributed by atoms with van der Waals surface area (Å²) >= 11 is 0. The van der Waals surface area contributed by atoms with Crippen molar-refractivity contribution in [3.05, 3.63) is 23.8 Å². The number of hydrogen-bond acceptors (Lipinski definition) is 1. The maximum absolute atomic E-state index is 10.6. The molecule has 0 aliphatic rings. The minimum absolute atomic E-state index is 0.121. The third kappa shape index (κ3) is 2.85. The lowest BCUT2D eigenvalue weighted by Crippen LogP contribution is -1.90. The molecule has 0 saturated carbocycles. The Hall–Kier alpha value is -0.850. The number of carbonyl (C=O) groups excluding carboxylic acids is 1. The molecule has 50 valence electrons. The van der Waals surface area contributed by atoms with Crippen molar-refractivity contribution in [2.75, 3.05) is 0 Å². The molecule has 0 fully saturated rings. The van der Waals surface area contributed by atoms with E-state index in [1.807, 2.05) is 32.1 Å². The Kier molecular flexibility index (Phi) is 3.69. The van der Waals surface area contributed by atoms with Gasteiger partial charge in [0.25, 0.3) is 0 Å². The summed E-state index contributed by atoms with van der Waals surface area (Å²) in [6.45, 7) is 5.32. The minimum atomic E-state index is 0.121. The summed E-state index contributed by atoms with van der Waals surface area (Å²) < 4.78 is 0. The predicted molar refractivity (Wildman–Crippen MR) is 39.3 cm³/mol. The molecule has 1 heteroatoms. The van der Waals surface area contributed by atoms with Gasteiger partial charge in [0, 0.05) is 5.57 Å². The fourth-order valence-corrected chi connectivity index (χ4v) is 0.596. The molecule has 0 atom stereocenters. The number of ketones is 1. The van der Waals surface area contributed by atoms with E-state index in [1.54, 1.807) is 6.92 Å². The minimum Gasteiger partial charge on any atom is -0.295 e. The summed E-state index contributed by atoms with van der Waals surface area (Å²) in [5.41, 5.74) is 0.775. The molecule has 0 bridgehead atoms. The third-order valence-corrected chi connectivity index (χ3v) is 1.06. The van der Waals surface area contributed by atoms with Crippen molar-refractivity contribution in [3.8, 4) is 0 Å². The second kappa shape index (κ2) is 4.07. The highest BCUT2D eigenvalue weighted by Crippen LogP contribution is 1.96. The Morgan fingerprint density at radius 2 is 1.89 bits per heavy atom. The molecule has 0 amide bonds. The van der Waals surface area contributed by atoms with Gasteiger partial charge in [-0.25, -0.2) is 0 Å². The molecular formula is C8H12O. The van der Waals surface area contributed by atoms with E-state index < -0.39 is 0 Å². The van der Waals surface area contributed by atoms with Gasteiger partial charge in [-0.05, 0) is 20.8 Å². The van der Waals surface area contributed by atoms with Gasteiger partial charge in [-0.2, -0.15) is 0 Å². The van der Waals surface area contributed by atoms with Crippen LogP contribution in [0.1, 0.15) is 20.8 Å². The second-order valence-electron chi connectivity index (χ2n) is 1.80. The highest BCUT2D eigenvalue weighted by molar-refractivity contribution is 5.95. The Labute approximate surface area is 56.1 Å². The van der Waals surface area contributed by atoms with Crippen LogP contribution >= 0.6 is 0 Å². The molecule has 0 heterocycles. The fraction of sp³-hybridized carbons (Fsp3) is 0.375. The Morgan fingerprint density at radius 3 is 2.00 bits per heavy atom. The molecule has 0 spiro atoms. The lowest BCUT2D eigenvalue weighted by atomic mass is 10.2. The van der Waals surface area contributed by atoms with E-state index in [0.717, 1.165) is 5.57 Å². The van der Waals surface area contributed by atoms with Crippen LogP contribution in [0.5, 0.6) is 0 Å². The summed E-state index contributed by atoms with van der Waals surface area (Å²) in [5.74, 6) is 0.121. The SMILES string of the molecule is CC=C/C(=C\C)C(C)=O.